The molecule has 0 aliphatic rings. The molecule has 0 spiro atoms. The molecule has 0 aromatic carbocycles. The van der Waals surface area contributed by atoms with E-state index in [1.54, 1.807) is 38.0 Å². The van der Waals surface area contributed by atoms with E-state index < -0.39 is 166 Å². The predicted octanol–water partition coefficient (Wildman–Crippen LogP) is 14.0. The van der Waals surface area contributed by atoms with Crippen LogP contribution in [0, 0.1) is 11.8 Å². The lowest BCUT2D eigenvalue weighted by Gasteiger charge is -2.37. The molecule has 0 amide bonds. The van der Waals surface area contributed by atoms with Gasteiger partial charge >= 0.3 is 49.4 Å². The van der Waals surface area contributed by atoms with Crippen molar-refractivity contribution in [3.63, 3.8) is 0 Å². The summed E-state index contributed by atoms with van der Waals surface area (Å²) in [5.74, 6) is -8.80. The Bertz CT molecular complexity index is 1970. The van der Waals surface area contributed by atoms with Crippen LogP contribution in [0.1, 0.15) is 89.9 Å². The van der Waals surface area contributed by atoms with Crippen LogP contribution in [0.3, 0.4) is 0 Å². The molecule has 0 saturated heterocycles. The van der Waals surface area contributed by atoms with E-state index in [1.165, 1.54) is 51.9 Å². The summed E-state index contributed by atoms with van der Waals surface area (Å²) >= 11 is 0. The Kier molecular flexibility index (Phi) is 36.2. The fraction of sp³-hybridized carbons (Fsp3) is 1.00. The van der Waals surface area contributed by atoms with Crippen molar-refractivity contribution in [2.24, 2.45) is 11.8 Å². The van der Waals surface area contributed by atoms with Gasteiger partial charge in [0.2, 0.25) is 19.1 Å². The molecule has 0 aromatic heterocycles. The van der Waals surface area contributed by atoms with Crippen LogP contribution in [0.15, 0.2) is 0 Å². The first-order valence-corrected chi connectivity index (χ1v) is 30.0. The van der Waals surface area contributed by atoms with Crippen LogP contribution in [0.4, 0.5) is 123 Å². The normalized spacial score (nSPS) is 14.7. The molecule has 0 radical (unpaired) electrons. The van der Waals surface area contributed by atoms with E-state index in [2.05, 4.69) is 54.0 Å². The van der Waals surface area contributed by atoms with Crippen molar-refractivity contribution < 1.29 is 140 Å². The van der Waals surface area contributed by atoms with Gasteiger partial charge in [0, 0.05) is 49.5 Å². The van der Waals surface area contributed by atoms with Crippen LogP contribution in [0.5, 0.6) is 0 Å². The molecule has 0 saturated carbocycles. The number of unbranched alkanes of at least 4 members (excludes halogenated alkanes) is 2. The zero-order chi connectivity index (χ0) is 69.7. The number of halogens is 29. The van der Waals surface area contributed by atoms with Gasteiger partial charge in [0.1, 0.15) is 0 Å². The van der Waals surface area contributed by atoms with Crippen LogP contribution >= 0.6 is 10.7 Å². The van der Waals surface area contributed by atoms with Crippen LogP contribution in [0.25, 0.3) is 0 Å². The van der Waals surface area contributed by atoms with Gasteiger partial charge in [-0.15, -0.1) is 0 Å². The molecular formula is C46H75ClF28N6O4S2. The van der Waals surface area contributed by atoms with E-state index in [0.29, 0.717) is 13.1 Å². The highest BCUT2D eigenvalue weighted by molar-refractivity contribution is 8.13. The summed E-state index contributed by atoms with van der Waals surface area (Å²) in [6, 6.07) is 0. The van der Waals surface area contributed by atoms with E-state index >= 15 is 0 Å². The molecule has 10 nitrogen and oxygen atoms in total. The number of nitrogens with zero attached hydrogens (tertiary/aromatic N) is 5. The molecule has 87 heavy (non-hydrogen) atoms. The molecule has 0 bridgehead atoms. The lowest BCUT2D eigenvalue weighted by molar-refractivity contribution is -0.358. The number of sulfonamides is 1. The Morgan fingerprint density at radius 3 is 0.747 bits per heavy atom. The molecule has 41 heteroatoms. The second kappa shape index (κ2) is 35.3. The Balaban J connectivity index is -0.00000136. The molecule has 0 aliphatic heterocycles. The third kappa shape index (κ3) is 31.4. The first kappa shape index (κ1) is 89.2. The number of nitrogens with one attached hydrogen (secondary N) is 1. The lowest BCUT2D eigenvalue weighted by atomic mass is 9.80. The highest BCUT2D eigenvalue weighted by Crippen LogP contribution is 2.57. The van der Waals surface area contributed by atoms with Crippen LogP contribution in [-0.4, -0.2) is 233 Å². The Morgan fingerprint density at radius 2 is 0.540 bits per heavy atom. The maximum Gasteiger partial charge on any atom is 0.431 e. The minimum absolute atomic E-state index is 0.108. The Hall–Kier alpha value is -2.01. The van der Waals surface area contributed by atoms with E-state index in [0.717, 1.165) is 4.31 Å². The van der Waals surface area contributed by atoms with Crippen molar-refractivity contribution in [1.29, 1.82) is 0 Å². The van der Waals surface area contributed by atoms with Gasteiger partial charge in [-0.2, -0.15) is 105 Å². The summed E-state index contributed by atoms with van der Waals surface area (Å²) in [5, 5.41) is 3.50. The van der Waals surface area contributed by atoms with Crippen molar-refractivity contribution in [3.05, 3.63) is 0 Å². The maximum absolute atomic E-state index is 14.4. The van der Waals surface area contributed by atoms with Crippen molar-refractivity contribution in [2.75, 3.05) is 120 Å². The van der Waals surface area contributed by atoms with Crippen molar-refractivity contribution >= 4 is 29.8 Å². The Labute approximate surface area is 491 Å². The van der Waals surface area contributed by atoms with Gasteiger partial charge < -0.3 is 24.9 Å². The van der Waals surface area contributed by atoms with E-state index in [-0.39, 0.29) is 25.9 Å². The van der Waals surface area contributed by atoms with Gasteiger partial charge in [-0.3, -0.25) is 0 Å². The fourth-order valence-corrected chi connectivity index (χ4v) is 10.4. The molecule has 0 aliphatic carbocycles. The Morgan fingerprint density at radius 1 is 0.322 bits per heavy atom. The zero-order valence-corrected chi connectivity index (χ0v) is 50.7. The van der Waals surface area contributed by atoms with Gasteiger partial charge in [-0.1, -0.05) is 0 Å². The smallest absolute Gasteiger partial charge is 0.317 e. The molecule has 0 aromatic rings. The second-order valence-electron chi connectivity index (χ2n) is 21.6. The zero-order valence-electron chi connectivity index (χ0n) is 48.3. The lowest BCUT2D eigenvalue weighted by Crippen LogP contribution is -2.57. The van der Waals surface area contributed by atoms with Gasteiger partial charge in [0.15, 0.2) is 0 Å². The quantitative estimate of drug-likeness (QED) is 0.0378. The first-order chi connectivity index (χ1) is 38.4. The average molecular weight is 1410 g/mol. The van der Waals surface area contributed by atoms with Gasteiger partial charge in [0.05, 0.1) is 11.5 Å². The minimum Gasteiger partial charge on any atom is -0.317 e. The summed E-state index contributed by atoms with van der Waals surface area (Å²) in [6.07, 6.45) is -66.6. The summed E-state index contributed by atoms with van der Waals surface area (Å²) in [4.78, 5) is 7.89. The molecular weight excluding hydrogens is 1330 g/mol. The topological polar surface area (TPSA) is 96.5 Å². The predicted molar refractivity (Wildman–Crippen MR) is 267 cm³/mol. The standard InChI is InChI=1S/C22H35F14N3O2S.C12H11ClF14O2S.C12H29N3/c1-37(2)9-6-11-39(12-7-10-38(3)4)42(40,41)13-5-8-16(14-17(23,19(25,26)27)20(28,29)30)15-18(24,21(31,32)33)22(34,35)36;13-30(28,29)3-1-2-6(4-7(14,9(16,17)18)10(19,20)21)5-8(15,11(22,23)24)12(25,26)27;1-14(2)11-7-5-9-13-10-6-8-12-15(3)4/h16H,5-15H2,1-4H3;6H,1-5H2;13H,5-12H2,1-4H3. The van der Waals surface area contributed by atoms with E-state index in [9.17, 15) is 140 Å². The summed E-state index contributed by atoms with van der Waals surface area (Å²) in [7, 11) is 11.0. The van der Waals surface area contributed by atoms with Crippen LogP contribution in [-0.2, 0) is 19.1 Å². The SMILES string of the molecule is CN(C)CCCCNCCCCN(C)C.CN(C)CCCN(CCCN(C)C)S(=O)(=O)CCCC(CC(F)(C(F)(F)F)C(F)(F)F)CC(F)(C(F)(F)F)C(F)(F)F.O=S(=O)(Cl)CCCC(CC(F)(C(F)(F)F)C(F)(F)F)CC(F)(C(F)(F)F)C(F)(F)F. The third-order valence-corrected chi connectivity index (χ3v) is 15.9. The number of alkyl halides is 28. The highest BCUT2D eigenvalue weighted by atomic mass is 35.7. The monoisotopic (exact) mass is 1410 g/mol. The van der Waals surface area contributed by atoms with Crippen molar-refractivity contribution in [1.82, 2.24) is 29.2 Å². The summed E-state index contributed by atoms with van der Waals surface area (Å²) in [6.45, 7) is 5.34. The number of hydrogen-bond donors (Lipinski definition) is 1. The molecule has 0 atom stereocenters. The number of hydrogen-bond acceptors (Lipinski definition) is 9. The van der Waals surface area contributed by atoms with Gasteiger partial charge in [-0.05, 0) is 172 Å². The minimum atomic E-state index is -6.85. The van der Waals surface area contributed by atoms with Gasteiger partial charge in [0.25, 0.3) is 22.7 Å². The van der Waals surface area contributed by atoms with Crippen LogP contribution < -0.4 is 5.32 Å². The number of rotatable bonds is 35. The maximum atomic E-state index is 14.4. The average Bonchev–Trinajstić information content (AvgIpc) is 1.47. The molecule has 0 heterocycles. The largest absolute Gasteiger partial charge is 0.431 e. The van der Waals surface area contributed by atoms with E-state index in [4.69, 9.17) is 0 Å². The van der Waals surface area contributed by atoms with Crippen molar-refractivity contribution in [3.8, 4) is 0 Å². The summed E-state index contributed by atoms with van der Waals surface area (Å²) < 4.78 is 413. The highest BCUT2D eigenvalue weighted by Gasteiger charge is 2.77. The second-order valence-corrected chi connectivity index (χ2v) is 26.5. The molecule has 528 valence electrons. The van der Waals surface area contributed by atoms with Gasteiger partial charge in [-0.25, -0.2) is 38.7 Å². The fourth-order valence-electron chi connectivity index (χ4n) is 7.94. The molecule has 1 N–H and O–H groups in total. The molecule has 0 fully saturated rings. The first-order valence-electron chi connectivity index (χ1n) is 25.9. The van der Waals surface area contributed by atoms with E-state index in [1.807, 2.05) is 0 Å². The molecule has 0 unspecified atom stereocenters. The molecule has 0 rings (SSSR count). The summed E-state index contributed by atoms with van der Waals surface area (Å²) in [5.41, 5.74) is -25.2. The third-order valence-electron chi connectivity index (χ3n) is 12.7. The van der Waals surface area contributed by atoms with Crippen LogP contribution in [0.2, 0.25) is 0 Å². The van der Waals surface area contributed by atoms with Crippen molar-refractivity contribution in [2.45, 2.75) is 162 Å².